The van der Waals surface area contributed by atoms with Crippen LogP contribution in [0.2, 0.25) is 0 Å². The highest BCUT2D eigenvalue weighted by atomic mass is 32.2. The monoisotopic (exact) mass is 490 g/mol. The lowest BCUT2D eigenvalue weighted by Crippen LogP contribution is -2.39. The highest BCUT2D eigenvalue weighted by Gasteiger charge is 2.37. The molecule has 2 aliphatic heterocycles. The number of carbonyl (C=O) groups excluding carboxylic acids is 3. The Morgan fingerprint density at radius 2 is 1.82 bits per heavy atom. The van der Waals surface area contributed by atoms with Crippen LogP contribution in [-0.4, -0.2) is 30.5 Å². The highest BCUT2D eigenvalue weighted by Crippen LogP contribution is 2.45. The zero-order valence-electron chi connectivity index (χ0n) is 18.8. The topological polar surface area (TPSA) is 75.7 Å². The van der Waals surface area contributed by atoms with Crippen LogP contribution in [0, 0.1) is 6.92 Å². The summed E-state index contributed by atoms with van der Waals surface area (Å²) >= 11 is 0.713. The first-order valence-corrected chi connectivity index (χ1v) is 11.1. The van der Waals surface area contributed by atoms with Crippen molar-refractivity contribution in [3.63, 3.8) is 0 Å². The second kappa shape index (κ2) is 8.19. The molecular formula is C24H21F3N2O4S. The van der Waals surface area contributed by atoms with Crippen LogP contribution in [0.1, 0.15) is 37.0 Å². The van der Waals surface area contributed by atoms with Gasteiger partial charge in [-0.25, -0.2) is 0 Å². The summed E-state index contributed by atoms with van der Waals surface area (Å²) in [6.45, 7) is 5.68. The third kappa shape index (κ3) is 4.54. The minimum Gasteiger partial charge on any atom is -0.405 e. The Kier molecular flexibility index (Phi) is 5.75. The molecule has 1 fully saturated rings. The number of aryl methyl sites for hydroxylation is 1. The van der Waals surface area contributed by atoms with Gasteiger partial charge in [-0.05, 0) is 65.2 Å². The largest absolute Gasteiger partial charge is 0.573 e. The molecule has 10 heteroatoms. The molecule has 34 heavy (non-hydrogen) atoms. The SMILES string of the molecule is Cc1cc2c(cc1-c1cc(C=C3SC(=O)NC3=O)ccc1OC(F)(F)F)N(C)C(=O)CC2(C)C. The van der Waals surface area contributed by atoms with Crippen LogP contribution in [0.4, 0.5) is 23.7 Å². The van der Waals surface area contributed by atoms with Gasteiger partial charge in [0.15, 0.2) is 0 Å². The number of thioether (sulfide) groups is 1. The van der Waals surface area contributed by atoms with Crippen molar-refractivity contribution < 1.29 is 32.3 Å². The maximum absolute atomic E-state index is 13.2. The van der Waals surface area contributed by atoms with E-state index in [1.807, 2.05) is 19.9 Å². The van der Waals surface area contributed by atoms with Gasteiger partial charge in [0, 0.05) is 30.1 Å². The van der Waals surface area contributed by atoms with Gasteiger partial charge in [0.1, 0.15) is 5.75 Å². The van der Waals surface area contributed by atoms with Gasteiger partial charge in [-0.3, -0.25) is 19.7 Å². The summed E-state index contributed by atoms with van der Waals surface area (Å²) in [6, 6.07) is 7.59. The van der Waals surface area contributed by atoms with Crippen LogP contribution in [0.3, 0.4) is 0 Å². The molecule has 4 rings (SSSR count). The molecule has 0 saturated carbocycles. The number of amides is 3. The van der Waals surface area contributed by atoms with E-state index in [-0.39, 0.29) is 16.4 Å². The number of carbonyl (C=O) groups is 3. The fraction of sp³-hybridized carbons (Fsp3) is 0.292. The number of nitrogens with zero attached hydrogens (tertiary/aromatic N) is 1. The van der Waals surface area contributed by atoms with E-state index in [0.717, 1.165) is 5.56 Å². The number of benzene rings is 2. The first-order valence-electron chi connectivity index (χ1n) is 10.3. The molecule has 1 N–H and O–H groups in total. The number of fused-ring (bicyclic) bond motifs is 1. The minimum absolute atomic E-state index is 0.0912. The molecule has 1 saturated heterocycles. The number of rotatable bonds is 3. The summed E-state index contributed by atoms with van der Waals surface area (Å²) in [5.41, 5.74) is 2.82. The molecule has 3 amide bonds. The van der Waals surface area contributed by atoms with Gasteiger partial charge in [0.2, 0.25) is 5.91 Å². The number of hydrogen-bond acceptors (Lipinski definition) is 5. The maximum Gasteiger partial charge on any atom is 0.573 e. The summed E-state index contributed by atoms with van der Waals surface area (Å²) in [7, 11) is 1.64. The predicted molar refractivity (Wildman–Crippen MR) is 123 cm³/mol. The van der Waals surface area contributed by atoms with E-state index in [9.17, 15) is 27.6 Å². The Bertz CT molecular complexity index is 1270. The van der Waals surface area contributed by atoms with Crippen LogP contribution >= 0.6 is 11.8 Å². The molecule has 2 aromatic rings. The van der Waals surface area contributed by atoms with Crippen LogP contribution in [-0.2, 0) is 15.0 Å². The van der Waals surface area contributed by atoms with Crippen molar-refractivity contribution in [3.8, 4) is 16.9 Å². The predicted octanol–water partition coefficient (Wildman–Crippen LogP) is 5.53. The highest BCUT2D eigenvalue weighted by molar-refractivity contribution is 8.18. The first kappa shape index (κ1) is 23.9. The van der Waals surface area contributed by atoms with E-state index < -0.39 is 28.7 Å². The summed E-state index contributed by atoms with van der Waals surface area (Å²) in [6.07, 6.45) is -3.17. The van der Waals surface area contributed by atoms with Gasteiger partial charge in [0.05, 0.1) is 4.91 Å². The van der Waals surface area contributed by atoms with Crippen molar-refractivity contribution in [3.05, 3.63) is 51.9 Å². The fourth-order valence-electron chi connectivity index (χ4n) is 4.17. The first-order chi connectivity index (χ1) is 15.7. The second-order valence-electron chi connectivity index (χ2n) is 8.85. The summed E-state index contributed by atoms with van der Waals surface area (Å²) < 4.78 is 43.8. The van der Waals surface area contributed by atoms with E-state index >= 15 is 0 Å². The van der Waals surface area contributed by atoms with Crippen LogP contribution < -0.4 is 15.0 Å². The molecule has 2 aliphatic rings. The number of hydrogen-bond donors (Lipinski definition) is 1. The number of alkyl halides is 3. The molecule has 2 heterocycles. The summed E-state index contributed by atoms with van der Waals surface area (Å²) in [4.78, 5) is 37.5. The molecular weight excluding hydrogens is 469 g/mol. The van der Waals surface area contributed by atoms with Crippen molar-refractivity contribution in [1.29, 1.82) is 0 Å². The quantitative estimate of drug-likeness (QED) is 0.573. The molecule has 0 aromatic heterocycles. The number of anilines is 1. The number of halogens is 3. The second-order valence-corrected chi connectivity index (χ2v) is 9.87. The zero-order chi connectivity index (χ0) is 25.0. The average molecular weight is 491 g/mol. The van der Waals surface area contributed by atoms with E-state index in [4.69, 9.17) is 0 Å². The Hall–Kier alpha value is -3.27. The van der Waals surface area contributed by atoms with Crippen molar-refractivity contribution >= 4 is 40.6 Å². The Balaban J connectivity index is 1.90. The Morgan fingerprint density at radius 1 is 1.12 bits per heavy atom. The summed E-state index contributed by atoms with van der Waals surface area (Å²) in [5.74, 6) is -1.08. The molecule has 2 aromatic carbocycles. The number of nitrogens with one attached hydrogen (secondary N) is 1. The average Bonchev–Trinajstić information content (AvgIpc) is 3.03. The van der Waals surface area contributed by atoms with Crippen LogP contribution in [0.25, 0.3) is 17.2 Å². The van der Waals surface area contributed by atoms with Crippen molar-refractivity contribution in [2.24, 2.45) is 0 Å². The molecule has 0 radical (unpaired) electrons. The Labute approximate surface area is 198 Å². The van der Waals surface area contributed by atoms with E-state index in [1.165, 1.54) is 29.2 Å². The summed E-state index contributed by atoms with van der Waals surface area (Å²) in [5, 5.41) is 1.62. The normalized spacial score (nSPS) is 18.9. The maximum atomic E-state index is 13.2. The van der Waals surface area contributed by atoms with Crippen LogP contribution in [0.5, 0.6) is 5.75 Å². The van der Waals surface area contributed by atoms with Gasteiger partial charge in [-0.1, -0.05) is 26.0 Å². The van der Waals surface area contributed by atoms with Gasteiger partial charge in [0.25, 0.3) is 11.1 Å². The van der Waals surface area contributed by atoms with E-state index in [0.29, 0.717) is 40.6 Å². The van der Waals surface area contributed by atoms with E-state index in [2.05, 4.69) is 10.1 Å². The van der Waals surface area contributed by atoms with Crippen molar-refractivity contribution in [1.82, 2.24) is 5.32 Å². The van der Waals surface area contributed by atoms with Gasteiger partial charge in [-0.15, -0.1) is 13.2 Å². The third-order valence-corrected chi connectivity index (χ3v) is 6.67. The smallest absolute Gasteiger partial charge is 0.405 e. The van der Waals surface area contributed by atoms with Gasteiger partial charge < -0.3 is 9.64 Å². The lowest BCUT2D eigenvalue weighted by Gasteiger charge is -2.37. The lowest BCUT2D eigenvalue weighted by atomic mass is 9.76. The van der Waals surface area contributed by atoms with Crippen LogP contribution in [0.15, 0.2) is 35.2 Å². The standard InChI is InChI=1S/C24H21F3N2O4S/c1-12-7-16-17(29(4)20(30)11-23(16,2)3)10-14(12)15-8-13(5-6-18(15)33-24(25,26)27)9-19-21(31)28-22(32)34-19/h5-10H,11H2,1-4H3,(H,28,31,32). The zero-order valence-corrected chi connectivity index (χ0v) is 19.6. The number of ether oxygens (including phenoxy) is 1. The molecule has 0 unspecified atom stereocenters. The molecule has 0 atom stereocenters. The fourth-order valence-corrected chi connectivity index (χ4v) is 4.85. The molecule has 0 spiro atoms. The van der Waals surface area contributed by atoms with E-state index in [1.54, 1.807) is 20.0 Å². The minimum atomic E-state index is -4.92. The molecule has 6 nitrogen and oxygen atoms in total. The molecule has 0 aliphatic carbocycles. The van der Waals surface area contributed by atoms with Crippen molar-refractivity contribution in [2.75, 3.05) is 11.9 Å². The van der Waals surface area contributed by atoms with Gasteiger partial charge in [-0.2, -0.15) is 0 Å². The molecule has 178 valence electrons. The molecule has 0 bridgehead atoms. The van der Waals surface area contributed by atoms with Crippen molar-refractivity contribution in [2.45, 2.75) is 39.0 Å². The lowest BCUT2D eigenvalue weighted by molar-refractivity contribution is -0.274. The number of imide groups is 1. The third-order valence-electron chi connectivity index (χ3n) is 5.86. The van der Waals surface area contributed by atoms with Gasteiger partial charge >= 0.3 is 6.36 Å². The Morgan fingerprint density at radius 3 is 2.44 bits per heavy atom.